The number of aryl methyl sites for hydroxylation is 1. The molecule has 0 unspecified atom stereocenters. The number of amides is 1. The van der Waals surface area contributed by atoms with Gasteiger partial charge in [0.1, 0.15) is 0 Å². The summed E-state index contributed by atoms with van der Waals surface area (Å²) in [5.41, 5.74) is 8.69. The van der Waals surface area contributed by atoms with Crippen molar-refractivity contribution >= 4 is 22.2 Å². The quantitative estimate of drug-likeness (QED) is 0.834. The normalized spacial score (nSPS) is 12.4. The van der Waals surface area contributed by atoms with E-state index in [-0.39, 0.29) is 12.7 Å². The molecule has 0 aliphatic carbocycles. The Morgan fingerprint density at radius 1 is 1.20 bits per heavy atom. The lowest BCUT2D eigenvalue weighted by Gasteiger charge is -2.22. The summed E-state index contributed by atoms with van der Waals surface area (Å²) in [4.78, 5) is 16.1. The number of hydrogen-bond acceptors (Lipinski definition) is 5. The van der Waals surface area contributed by atoms with Crippen LogP contribution in [0.4, 0.5) is 5.00 Å². The predicted molar refractivity (Wildman–Crippen MR) is 102 cm³/mol. The fourth-order valence-electron chi connectivity index (χ4n) is 3.19. The number of carbonyl (C=O) groups is 1. The lowest BCUT2D eigenvalue weighted by Crippen LogP contribution is -2.33. The smallest absolute Gasteiger partial charge is 0.257 e. The average molecular weight is 360 g/mol. The number of nitrogen functional groups attached to an aromatic ring is 1. The van der Waals surface area contributed by atoms with Crippen LogP contribution in [0.2, 0.25) is 0 Å². The van der Waals surface area contributed by atoms with E-state index in [9.17, 15) is 4.79 Å². The Kier molecular flexibility index (Phi) is 5.18. The SMILES string of the molecule is CCCN(CCC)C(=O)c1c(N)sc(C)c1-c1ccc2c(c1)OCO2. The van der Waals surface area contributed by atoms with Gasteiger partial charge in [0.05, 0.1) is 10.6 Å². The fourth-order valence-corrected chi connectivity index (χ4v) is 4.13. The van der Waals surface area contributed by atoms with E-state index in [1.54, 1.807) is 0 Å². The summed E-state index contributed by atoms with van der Waals surface area (Å²) in [5, 5.41) is 0.576. The van der Waals surface area contributed by atoms with Crippen LogP contribution in [-0.2, 0) is 0 Å². The molecule has 0 bridgehead atoms. The van der Waals surface area contributed by atoms with Gasteiger partial charge >= 0.3 is 0 Å². The van der Waals surface area contributed by atoms with Gasteiger partial charge in [-0.1, -0.05) is 19.9 Å². The summed E-state index contributed by atoms with van der Waals surface area (Å²) in [6.45, 7) is 7.87. The van der Waals surface area contributed by atoms with E-state index in [0.717, 1.165) is 47.7 Å². The minimum Gasteiger partial charge on any atom is -0.454 e. The third-order valence-electron chi connectivity index (χ3n) is 4.26. The lowest BCUT2D eigenvalue weighted by molar-refractivity contribution is 0.0758. The lowest BCUT2D eigenvalue weighted by atomic mass is 10.00. The van der Waals surface area contributed by atoms with Gasteiger partial charge in [-0.2, -0.15) is 0 Å². The Balaban J connectivity index is 2.05. The number of thiophene rings is 1. The number of nitrogens with two attached hydrogens (primary N) is 1. The third-order valence-corrected chi connectivity index (χ3v) is 5.20. The van der Waals surface area contributed by atoms with Crippen LogP contribution in [0.15, 0.2) is 18.2 Å². The molecule has 2 aromatic rings. The number of ether oxygens (including phenoxy) is 2. The third kappa shape index (κ3) is 3.31. The van der Waals surface area contributed by atoms with Crippen LogP contribution in [-0.4, -0.2) is 30.7 Å². The van der Waals surface area contributed by atoms with Crippen molar-refractivity contribution in [2.75, 3.05) is 25.6 Å². The molecule has 0 atom stereocenters. The van der Waals surface area contributed by atoms with E-state index in [0.29, 0.717) is 16.3 Å². The molecule has 0 spiro atoms. The van der Waals surface area contributed by atoms with Crippen molar-refractivity contribution in [3.05, 3.63) is 28.6 Å². The molecular weight excluding hydrogens is 336 g/mol. The molecule has 25 heavy (non-hydrogen) atoms. The monoisotopic (exact) mass is 360 g/mol. The van der Waals surface area contributed by atoms with Crippen molar-refractivity contribution in [2.24, 2.45) is 0 Å². The zero-order valence-electron chi connectivity index (χ0n) is 14.9. The van der Waals surface area contributed by atoms with Crippen molar-refractivity contribution < 1.29 is 14.3 Å². The van der Waals surface area contributed by atoms with E-state index >= 15 is 0 Å². The first-order valence-electron chi connectivity index (χ1n) is 8.64. The number of anilines is 1. The summed E-state index contributed by atoms with van der Waals surface area (Å²) in [6.07, 6.45) is 1.85. The van der Waals surface area contributed by atoms with E-state index in [2.05, 4.69) is 13.8 Å². The van der Waals surface area contributed by atoms with Crippen LogP contribution in [0.1, 0.15) is 41.9 Å². The first-order valence-corrected chi connectivity index (χ1v) is 9.46. The standard InChI is InChI=1S/C19H24N2O3S/c1-4-8-21(9-5-2)19(22)17-16(12(3)25-18(17)20)13-6-7-14-15(10-13)24-11-23-14/h6-7,10H,4-5,8-9,11,20H2,1-3H3. The van der Waals surface area contributed by atoms with Crippen LogP contribution in [0.5, 0.6) is 11.5 Å². The highest BCUT2D eigenvalue weighted by atomic mass is 32.1. The maximum absolute atomic E-state index is 13.2. The summed E-state index contributed by atoms with van der Waals surface area (Å²) in [6, 6.07) is 5.77. The van der Waals surface area contributed by atoms with Gasteiger partial charge in [-0.05, 0) is 37.5 Å². The summed E-state index contributed by atoms with van der Waals surface area (Å²) >= 11 is 1.46. The molecule has 6 heteroatoms. The van der Waals surface area contributed by atoms with Crippen LogP contribution < -0.4 is 15.2 Å². The number of carbonyl (C=O) groups excluding carboxylic acids is 1. The second-order valence-electron chi connectivity index (χ2n) is 6.13. The molecule has 2 N–H and O–H groups in total. The molecule has 1 aliphatic heterocycles. The van der Waals surface area contributed by atoms with Crippen molar-refractivity contribution in [3.63, 3.8) is 0 Å². The van der Waals surface area contributed by atoms with Gasteiger partial charge in [-0.25, -0.2) is 0 Å². The largest absolute Gasteiger partial charge is 0.454 e. The molecule has 0 fully saturated rings. The number of hydrogen-bond donors (Lipinski definition) is 1. The van der Waals surface area contributed by atoms with Crippen LogP contribution >= 0.6 is 11.3 Å². The molecule has 1 aliphatic rings. The van der Waals surface area contributed by atoms with E-state index < -0.39 is 0 Å². The van der Waals surface area contributed by atoms with Gasteiger partial charge in [0.25, 0.3) is 5.91 Å². The Labute approximate surface area is 152 Å². The van der Waals surface area contributed by atoms with Gasteiger partial charge < -0.3 is 20.1 Å². The average Bonchev–Trinajstić information content (AvgIpc) is 3.16. The highest BCUT2D eigenvalue weighted by Crippen LogP contribution is 2.42. The van der Waals surface area contributed by atoms with E-state index in [1.165, 1.54) is 11.3 Å². The van der Waals surface area contributed by atoms with Gasteiger partial charge in [-0.15, -0.1) is 11.3 Å². The van der Waals surface area contributed by atoms with Gasteiger partial charge in [0, 0.05) is 23.5 Å². The molecule has 3 rings (SSSR count). The Bertz CT molecular complexity index is 779. The molecule has 1 aromatic heterocycles. The van der Waals surface area contributed by atoms with Crippen molar-refractivity contribution in [1.29, 1.82) is 0 Å². The summed E-state index contributed by atoms with van der Waals surface area (Å²) in [7, 11) is 0. The predicted octanol–water partition coefficient (Wildman–Crippen LogP) is 4.30. The highest BCUT2D eigenvalue weighted by Gasteiger charge is 2.26. The molecule has 0 saturated heterocycles. The molecule has 0 saturated carbocycles. The molecule has 0 radical (unpaired) electrons. The highest BCUT2D eigenvalue weighted by molar-refractivity contribution is 7.16. The van der Waals surface area contributed by atoms with E-state index in [1.807, 2.05) is 30.0 Å². The number of rotatable bonds is 6. The van der Waals surface area contributed by atoms with Crippen molar-refractivity contribution in [2.45, 2.75) is 33.6 Å². The zero-order valence-corrected chi connectivity index (χ0v) is 15.7. The molecule has 2 heterocycles. The van der Waals surface area contributed by atoms with Crippen LogP contribution in [0.25, 0.3) is 11.1 Å². The maximum atomic E-state index is 13.2. The Morgan fingerprint density at radius 2 is 1.88 bits per heavy atom. The minimum atomic E-state index is 0.0122. The molecule has 1 amide bonds. The zero-order chi connectivity index (χ0) is 18.0. The van der Waals surface area contributed by atoms with Gasteiger partial charge in [0.15, 0.2) is 11.5 Å². The second kappa shape index (κ2) is 7.35. The molecule has 1 aromatic carbocycles. The number of fused-ring (bicyclic) bond motifs is 1. The van der Waals surface area contributed by atoms with Crippen molar-refractivity contribution in [1.82, 2.24) is 4.90 Å². The fraction of sp³-hybridized carbons (Fsp3) is 0.421. The first kappa shape index (κ1) is 17.6. The first-order chi connectivity index (χ1) is 12.1. The topological polar surface area (TPSA) is 64.8 Å². The number of benzene rings is 1. The van der Waals surface area contributed by atoms with Gasteiger partial charge in [0.2, 0.25) is 6.79 Å². The number of nitrogens with zero attached hydrogens (tertiary/aromatic N) is 1. The molecule has 5 nitrogen and oxygen atoms in total. The second-order valence-corrected chi connectivity index (χ2v) is 7.39. The minimum absolute atomic E-state index is 0.0122. The summed E-state index contributed by atoms with van der Waals surface area (Å²) in [5.74, 6) is 1.45. The van der Waals surface area contributed by atoms with Gasteiger partial charge in [-0.3, -0.25) is 4.79 Å². The van der Waals surface area contributed by atoms with Crippen LogP contribution in [0.3, 0.4) is 0 Å². The molecule has 134 valence electrons. The summed E-state index contributed by atoms with van der Waals surface area (Å²) < 4.78 is 10.9. The van der Waals surface area contributed by atoms with Crippen molar-refractivity contribution in [3.8, 4) is 22.6 Å². The van der Waals surface area contributed by atoms with Crippen LogP contribution in [0, 0.1) is 6.92 Å². The Hall–Kier alpha value is -2.21. The maximum Gasteiger partial charge on any atom is 0.257 e. The Morgan fingerprint density at radius 3 is 2.56 bits per heavy atom. The molecular formula is C19H24N2O3S. The van der Waals surface area contributed by atoms with E-state index in [4.69, 9.17) is 15.2 Å².